The Balaban J connectivity index is 0.00000181. The summed E-state index contributed by atoms with van der Waals surface area (Å²) >= 11 is 0. The maximum absolute atomic E-state index is 13.7. The van der Waals surface area contributed by atoms with Gasteiger partial charge < -0.3 is 15.8 Å². The first kappa shape index (κ1) is 29.2. The van der Waals surface area contributed by atoms with E-state index in [-0.39, 0.29) is 36.3 Å². The normalized spacial score (nSPS) is 24.5. The maximum atomic E-state index is 13.7. The van der Waals surface area contributed by atoms with Crippen LogP contribution in [0, 0.1) is 0 Å². The van der Waals surface area contributed by atoms with Crippen LogP contribution in [0.2, 0.25) is 0 Å². The summed E-state index contributed by atoms with van der Waals surface area (Å²) in [6.45, 7) is 7.95. The number of alkyl halides is 2. The van der Waals surface area contributed by atoms with Crippen LogP contribution in [-0.4, -0.2) is 40.7 Å². The summed E-state index contributed by atoms with van der Waals surface area (Å²) in [5.74, 6) is -0.0402. The van der Waals surface area contributed by atoms with E-state index in [0.29, 0.717) is 30.4 Å². The summed E-state index contributed by atoms with van der Waals surface area (Å²) < 4.78 is 33.6. The highest BCUT2D eigenvalue weighted by Gasteiger charge is 2.37. The van der Waals surface area contributed by atoms with Gasteiger partial charge >= 0.3 is 0 Å². The maximum Gasteiger partial charge on any atom is 0.251 e. The number of nitrogens with zero attached hydrogens (tertiary/aromatic N) is 2. The van der Waals surface area contributed by atoms with Crippen LogP contribution in [0.4, 0.5) is 8.78 Å². The number of nitrogens with one attached hydrogen (secondary N) is 1. The number of hydrogen-bond acceptors (Lipinski definition) is 5. The van der Waals surface area contributed by atoms with Crippen molar-refractivity contribution in [3.8, 4) is 5.75 Å². The summed E-state index contributed by atoms with van der Waals surface area (Å²) in [6, 6.07) is 10.7. The fourth-order valence-electron chi connectivity index (χ4n) is 5.52. The Bertz CT molecular complexity index is 1310. The van der Waals surface area contributed by atoms with Gasteiger partial charge in [-0.3, -0.25) is 14.5 Å². The molecule has 0 aromatic heterocycles. The zero-order valence-corrected chi connectivity index (χ0v) is 23.5. The van der Waals surface area contributed by atoms with Crippen LogP contribution in [0.15, 0.2) is 53.5 Å². The summed E-state index contributed by atoms with van der Waals surface area (Å²) in [7, 11) is 0. The fourth-order valence-corrected chi connectivity index (χ4v) is 5.52. The molecule has 40 heavy (non-hydrogen) atoms. The van der Waals surface area contributed by atoms with Gasteiger partial charge in [-0.1, -0.05) is 44.2 Å². The molecule has 7 nitrogen and oxygen atoms in total. The van der Waals surface area contributed by atoms with E-state index in [2.05, 4.69) is 10.3 Å². The van der Waals surface area contributed by atoms with Gasteiger partial charge in [0.05, 0.1) is 18.1 Å². The van der Waals surface area contributed by atoms with Crippen LogP contribution in [0.1, 0.15) is 98.9 Å². The molecule has 2 amide bonds. The van der Waals surface area contributed by atoms with Crippen molar-refractivity contribution in [2.75, 3.05) is 0 Å². The largest absolute Gasteiger partial charge is 0.487 e. The predicted molar refractivity (Wildman–Crippen MR) is 152 cm³/mol. The molecule has 3 unspecified atom stereocenters. The van der Waals surface area contributed by atoms with E-state index in [0.717, 1.165) is 21.8 Å². The zero-order valence-electron chi connectivity index (χ0n) is 23.5. The standard InChI is InChI=1S/C29H32F2N4O3.C2H6/c1-29(2)16-22-21-12-17(10-11-24(21)38-29)6-3-4-9-20-14-26(36)35(28(32)33-20)23(15-25(30)31)18-7-5-8-19(13-18)27(37)34-22;1-2/h3,5-8,10-13,20,22-23,25H,4,9,14-16H2,1-2H3,(H2,32,33)(H,34,37);1-2H3/b6-3+;. The van der Waals surface area contributed by atoms with Crippen LogP contribution >= 0.6 is 0 Å². The van der Waals surface area contributed by atoms with E-state index in [1.54, 1.807) is 24.3 Å². The number of fused-ring (bicyclic) bond motifs is 4. The van der Waals surface area contributed by atoms with E-state index < -0.39 is 24.5 Å². The van der Waals surface area contributed by atoms with Crippen molar-refractivity contribution in [2.24, 2.45) is 10.7 Å². The number of carbonyl (C=O) groups is 2. The lowest BCUT2D eigenvalue weighted by Crippen LogP contribution is -2.49. The molecule has 214 valence electrons. The van der Waals surface area contributed by atoms with Crippen molar-refractivity contribution in [2.45, 2.75) is 90.0 Å². The van der Waals surface area contributed by atoms with Crippen molar-refractivity contribution >= 4 is 23.8 Å². The molecule has 6 rings (SSSR count). The lowest BCUT2D eigenvalue weighted by atomic mass is 9.88. The van der Waals surface area contributed by atoms with E-state index in [4.69, 9.17) is 10.5 Å². The number of rotatable bonds is 2. The predicted octanol–water partition coefficient (Wildman–Crippen LogP) is 6.16. The monoisotopic (exact) mass is 552 g/mol. The minimum atomic E-state index is -2.69. The highest BCUT2D eigenvalue weighted by Crippen LogP contribution is 2.40. The lowest BCUT2D eigenvalue weighted by Gasteiger charge is -2.38. The van der Waals surface area contributed by atoms with Gasteiger partial charge in [0.1, 0.15) is 11.4 Å². The topological polar surface area (TPSA) is 97.0 Å². The van der Waals surface area contributed by atoms with Crippen molar-refractivity contribution in [3.05, 3.63) is 70.8 Å². The van der Waals surface area contributed by atoms with Crippen LogP contribution in [0.25, 0.3) is 6.08 Å². The molecule has 0 aliphatic carbocycles. The number of carbonyl (C=O) groups excluding carboxylic acids is 2. The Labute approximate surface area is 234 Å². The highest BCUT2D eigenvalue weighted by atomic mass is 19.3. The number of aliphatic imine (C=N–C) groups is 1. The molecule has 3 atom stereocenters. The zero-order chi connectivity index (χ0) is 29.0. The van der Waals surface area contributed by atoms with Gasteiger partial charge in [0.2, 0.25) is 12.3 Å². The Kier molecular flexibility index (Phi) is 8.91. The van der Waals surface area contributed by atoms with Gasteiger partial charge in [0, 0.05) is 30.4 Å². The molecule has 4 aliphatic heterocycles. The second kappa shape index (κ2) is 12.2. The summed E-state index contributed by atoms with van der Waals surface area (Å²) in [5, 5.41) is 3.12. The molecule has 0 fully saturated rings. The third kappa shape index (κ3) is 6.51. The Morgan fingerprint density at radius 1 is 1.18 bits per heavy atom. The number of allylic oxidation sites excluding steroid dienone is 1. The van der Waals surface area contributed by atoms with Crippen molar-refractivity contribution in [1.29, 1.82) is 0 Å². The number of halogens is 2. The van der Waals surface area contributed by atoms with Crippen LogP contribution in [-0.2, 0) is 4.79 Å². The minimum absolute atomic E-state index is 0.0680. The molecule has 6 bridgehead atoms. The first-order chi connectivity index (χ1) is 19.1. The molecule has 4 aliphatic rings. The summed E-state index contributed by atoms with van der Waals surface area (Å²) in [6.07, 6.45) is 2.61. The molecule has 2 aromatic carbocycles. The van der Waals surface area contributed by atoms with Gasteiger partial charge in [-0.2, -0.15) is 0 Å². The molecule has 0 saturated carbocycles. The SMILES string of the molecule is CC.CC1(C)CC2NC(=O)c3cccc(c3)C(CC(F)F)N3C(=O)CC(CC/C=C/c4ccc(c2c4)O1)N=C3N. The summed E-state index contributed by atoms with van der Waals surface area (Å²) in [4.78, 5) is 32.2. The molecule has 9 heteroatoms. The molecule has 0 spiro atoms. The number of ether oxygens (including phenoxy) is 1. The molecular formula is C31H38F2N4O3. The first-order valence-corrected chi connectivity index (χ1v) is 13.9. The van der Waals surface area contributed by atoms with Gasteiger partial charge in [0.25, 0.3) is 5.91 Å². The Morgan fingerprint density at radius 2 is 1.95 bits per heavy atom. The lowest BCUT2D eigenvalue weighted by molar-refractivity contribution is -0.130. The molecule has 0 saturated heterocycles. The molecule has 0 radical (unpaired) electrons. The van der Waals surface area contributed by atoms with Gasteiger partial charge in [-0.25, -0.2) is 13.8 Å². The van der Waals surface area contributed by atoms with Gasteiger partial charge in [-0.15, -0.1) is 0 Å². The highest BCUT2D eigenvalue weighted by molar-refractivity contribution is 5.99. The second-order valence-corrected chi connectivity index (χ2v) is 10.7. The average Bonchev–Trinajstić information content (AvgIpc) is 2.90. The van der Waals surface area contributed by atoms with Crippen LogP contribution in [0.5, 0.6) is 5.75 Å². The average molecular weight is 553 g/mol. The Hall–Kier alpha value is -3.75. The second-order valence-electron chi connectivity index (χ2n) is 10.7. The number of benzene rings is 2. The van der Waals surface area contributed by atoms with Crippen LogP contribution in [0.3, 0.4) is 0 Å². The number of amides is 2. The molecular weight excluding hydrogens is 514 g/mol. The van der Waals surface area contributed by atoms with Gasteiger partial charge in [0.15, 0.2) is 5.96 Å². The number of guanidine groups is 1. The number of nitrogens with two attached hydrogens (primary N) is 1. The van der Waals surface area contributed by atoms with Crippen molar-refractivity contribution in [3.63, 3.8) is 0 Å². The Morgan fingerprint density at radius 3 is 2.67 bits per heavy atom. The fraction of sp³-hybridized carbons (Fsp3) is 0.452. The molecule has 4 heterocycles. The van der Waals surface area contributed by atoms with Gasteiger partial charge in [-0.05, 0) is 62.1 Å². The summed E-state index contributed by atoms with van der Waals surface area (Å²) in [5.41, 5.74) is 8.26. The number of hydrogen-bond donors (Lipinski definition) is 2. The van der Waals surface area contributed by atoms with E-state index in [1.165, 1.54) is 0 Å². The first-order valence-electron chi connectivity index (χ1n) is 13.9. The minimum Gasteiger partial charge on any atom is -0.487 e. The third-order valence-corrected chi connectivity index (χ3v) is 7.26. The smallest absolute Gasteiger partial charge is 0.251 e. The van der Waals surface area contributed by atoms with E-state index in [9.17, 15) is 18.4 Å². The molecule has 2 aromatic rings. The van der Waals surface area contributed by atoms with Crippen molar-refractivity contribution in [1.82, 2.24) is 10.2 Å². The van der Waals surface area contributed by atoms with Crippen molar-refractivity contribution < 1.29 is 23.1 Å². The molecule has 3 N–H and O–H groups in total. The third-order valence-electron chi connectivity index (χ3n) is 7.26. The van der Waals surface area contributed by atoms with E-state index >= 15 is 0 Å². The van der Waals surface area contributed by atoms with E-state index in [1.807, 2.05) is 58.0 Å². The quantitative estimate of drug-likeness (QED) is 0.466. The van der Waals surface area contributed by atoms with Crippen LogP contribution < -0.4 is 15.8 Å².